The van der Waals surface area contributed by atoms with Gasteiger partial charge in [-0.15, -0.1) is 0 Å². The first-order chi connectivity index (χ1) is 11.1. The lowest BCUT2D eigenvalue weighted by Crippen LogP contribution is -2.46. The summed E-state index contributed by atoms with van der Waals surface area (Å²) < 4.78 is 5.10. The topological polar surface area (TPSA) is 54.4 Å². The van der Waals surface area contributed by atoms with E-state index in [2.05, 4.69) is 30.8 Å². The molecule has 0 unspecified atom stereocenters. The largest absolute Gasteiger partial charge is 0.481 e. The summed E-state index contributed by atoms with van der Waals surface area (Å²) in [6, 6.07) is 6.00. The van der Waals surface area contributed by atoms with E-state index in [1.54, 1.807) is 7.11 Å². The van der Waals surface area contributed by atoms with Crippen LogP contribution in [0, 0.1) is 13.8 Å². The van der Waals surface area contributed by atoms with E-state index >= 15 is 0 Å². The Hall–Kier alpha value is -2.21. The molecule has 6 heteroatoms. The predicted molar refractivity (Wildman–Crippen MR) is 89.8 cm³/mol. The van der Waals surface area contributed by atoms with Gasteiger partial charge in [-0.05, 0) is 25.5 Å². The van der Waals surface area contributed by atoms with Crippen molar-refractivity contribution in [3.63, 3.8) is 0 Å². The second-order valence-electron chi connectivity index (χ2n) is 5.92. The molecular weight excluding hydrogens is 290 g/mol. The zero-order chi connectivity index (χ0) is 16.2. The van der Waals surface area contributed by atoms with E-state index in [1.165, 1.54) is 5.56 Å². The second kappa shape index (κ2) is 6.91. The summed E-state index contributed by atoms with van der Waals surface area (Å²) in [6.45, 7) is 8.86. The third-order valence-electron chi connectivity index (χ3n) is 4.04. The Balaban J connectivity index is 1.57. The molecule has 0 radical (unpaired) electrons. The van der Waals surface area contributed by atoms with Crippen LogP contribution < -0.4 is 9.64 Å². The van der Waals surface area contributed by atoms with Crippen LogP contribution in [-0.4, -0.2) is 53.1 Å². The Morgan fingerprint density at radius 1 is 1.04 bits per heavy atom. The van der Waals surface area contributed by atoms with Crippen molar-refractivity contribution in [2.75, 3.05) is 38.2 Å². The quantitative estimate of drug-likeness (QED) is 0.858. The Morgan fingerprint density at radius 3 is 2.30 bits per heavy atom. The van der Waals surface area contributed by atoms with Gasteiger partial charge in [0.05, 0.1) is 7.11 Å². The van der Waals surface area contributed by atoms with E-state index in [0.717, 1.165) is 50.1 Å². The summed E-state index contributed by atoms with van der Waals surface area (Å²) in [6.07, 6.45) is 1.89. The summed E-state index contributed by atoms with van der Waals surface area (Å²) in [5, 5.41) is 0. The van der Waals surface area contributed by atoms with Crippen LogP contribution >= 0.6 is 0 Å². The first kappa shape index (κ1) is 15.7. The first-order valence-corrected chi connectivity index (χ1v) is 7.92. The molecule has 2 aromatic heterocycles. The van der Waals surface area contributed by atoms with Crippen LogP contribution in [0.2, 0.25) is 0 Å². The van der Waals surface area contributed by atoms with Crippen LogP contribution in [0.1, 0.15) is 17.0 Å². The molecule has 0 atom stereocenters. The molecule has 1 aliphatic rings. The van der Waals surface area contributed by atoms with Crippen molar-refractivity contribution in [3.8, 4) is 5.88 Å². The molecule has 6 nitrogen and oxygen atoms in total. The molecule has 3 heterocycles. The number of nitrogens with zero attached hydrogens (tertiary/aromatic N) is 5. The van der Waals surface area contributed by atoms with Crippen LogP contribution in [0.5, 0.6) is 5.88 Å². The van der Waals surface area contributed by atoms with Crippen molar-refractivity contribution >= 4 is 5.95 Å². The number of hydrogen-bond acceptors (Lipinski definition) is 6. The number of rotatable bonds is 4. The van der Waals surface area contributed by atoms with E-state index in [4.69, 9.17) is 4.74 Å². The molecule has 0 aromatic carbocycles. The van der Waals surface area contributed by atoms with E-state index in [-0.39, 0.29) is 0 Å². The van der Waals surface area contributed by atoms with Crippen molar-refractivity contribution in [2.24, 2.45) is 0 Å². The van der Waals surface area contributed by atoms with Gasteiger partial charge in [0, 0.05) is 56.4 Å². The van der Waals surface area contributed by atoms with Crippen molar-refractivity contribution < 1.29 is 4.74 Å². The molecule has 0 bridgehead atoms. The molecule has 0 aliphatic carbocycles. The van der Waals surface area contributed by atoms with Gasteiger partial charge in [-0.1, -0.05) is 6.07 Å². The minimum absolute atomic E-state index is 0.658. The van der Waals surface area contributed by atoms with Gasteiger partial charge in [0.15, 0.2) is 0 Å². The molecule has 0 spiro atoms. The zero-order valence-corrected chi connectivity index (χ0v) is 14.0. The minimum Gasteiger partial charge on any atom is -0.481 e. The van der Waals surface area contributed by atoms with E-state index in [0.29, 0.717) is 5.88 Å². The molecular formula is C17H23N5O. The molecule has 1 saturated heterocycles. The number of anilines is 1. The van der Waals surface area contributed by atoms with Crippen LogP contribution in [0.3, 0.4) is 0 Å². The van der Waals surface area contributed by atoms with Crippen molar-refractivity contribution in [1.82, 2.24) is 19.9 Å². The highest BCUT2D eigenvalue weighted by Crippen LogP contribution is 2.15. The lowest BCUT2D eigenvalue weighted by molar-refractivity contribution is 0.248. The number of aromatic nitrogens is 3. The summed E-state index contributed by atoms with van der Waals surface area (Å²) in [4.78, 5) is 18.1. The van der Waals surface area contributed by atoms with Crippen molar-refractivity contribution in [1.29, 1.82) is 0 Å². The second-order valence-corrected chi connectivity index (χ2v) is 5.92. The number of methoxy groups -OCH3 is 1. The summed E-state index contributed by atoms with van der Waals surface area (Å²) >= 11 is 0. The highest BCUT2D eigenvalue weighted by Gasteiger charge is 2.19. The van der Waals surface area contributed by atoms with Gasteiger partial charge in [-0.2, -0.15) is 0 Å². The average molecular weight is 313 g/mol. The number of ether oxygens (including phenoxy) is 1. The molecule has 0 saturated carbocycles. The normalized spacial score (nSPS) is 15.7. The monoisotopic (exact) mass is 313 g/mol. The zero-order valence-electron chi connectivity index (χ0n) is 14.0. The van der Waals surface area contributed by atoms with Gasteiger partial charge in [0.25, 0.3) is 0 Å². The van der Waals surface area contributed by atoms with Gasteiger partial charge in [-0.25, -0.2) is 15.0 Å². The standard InChI is InChI=1S/C17H23N5O/c1-13-10-14(2)20-17(19-13)22-8-6-21(7-9-22)12-15-4-5-16(23-3)18-11-15/h4-5,10-11H,6-9,12H2,1-3H3. The fourth-order valence-corrected chi connectivity index (χ4v) is 2.84. The number of pyridine rings is 1. The Morgan fingerprint density at radius 2 is 1.74 bits per heavy atom. The van der Waals surface area contributed by atoms with Gasteiger partial charge in [-0.3, -0.25) is 4.90 Å². The highest BCUT2D eigenvalue weighted by atomic mass is 16.5. The fraction of sp³-hybridized carbons (Fsp3) is 0.471. The van der Waals surface area contributed by atoms with Crippen molar-refractivity contribution in [3.05, 3.63) is 41.3 Å². The lowest BCUT2D eigenvalue weighted by Gasteiger charge is -2.34. The maximum atomic E-state index is 5.10. The maximum Gasteiger partial charge on any atom is 0.225 e. The third-order valence-corrected chi connectivity index (χ3v) is 4.04. The molecule has 1 aliphatic heterocycles. The molecule has 3 rings (SSSR count). The van der Waals surface area contributed by atoms with Crippen LogP contribution in [-0.2, 0) is 6.54 Å². The van der Waals surface area contributed by atoms with Crippen LogP contribution in [0.25, 0.3) is 0 Å². The van der Waals surface area contributed by atoms with E-state index < -0.39 is 0 Å². The maximum absolute atomic E-state index is 5.10. The van der Waals surface area contributed by atoms with Crippen LogP contribution in [0.4, 0.5) is 5.95 Å². The van der Waals surface area contributed by atoms with Gasteiger partial charge >= 0.3 is 0 Å². The third kappa shape index (κ3) is 3.96. The van der Waals surface area contributed by atoms with Crippen LogP contribution in [0.15, 0.2) is 24.4 Å². The molecule has 122 valence electrons. The van der Waals surface area contributed by atoms with Gasteiger partial charge < -0.3 is 9.64 Å². The summed E-state index contributed by atoms with van der Waals surface area (Å²) in [5.41, 5.74) is 3.26. The van der Waals surface area contributed by atoms with Gasteiger partial charge in [0.1, 0.15) is 0 Å². The van der Waals surface area contributed by atoms with E-state index in [9.17, 15) is 0 Å². The minimum atomic E-state index is 0.658. The van der Waals surface area contributed by atoms with E-state index in [1.807, 2.05) is 32.2 Å². The molecule has 23 heavy (non-hydrogen) atoms. The first-order valence-electron chi connectivity index (χ1n) is 7.92. The fourth-order valence-electron chi connectivity index (χ4n) is 2.84. The number of aryl methyl sites for hydroxylation is 2. The Labute approximate surface area is 137 Å². The molecule has 0 N–H and O–H groups in total. The van der Waals surface area contributed by atoms with Crippen molar-refractivity contribution in [2.45, 2.75) is 20.4 Å². The number of hydrogen-bond donors (Lipinski definition) is 0. The molecule has 0 amide bonds. The molecule has 1 fully saturated rings. The number of piperazine rings is 1. The summed E-state index contributed by atoms with van der Waals surface area (Å²) in [7, 11) is 1.64. The SMILES string of the molecule is COc1ccc(CN2CCN(c3nc(C)cc(C)n3)CC2)cn1. The van der Waals surface area contributed by atoms with Gasteiger partial charge in [0.2, 0.25) is 11.8 Å². The Kier molecular flexibility index (Phi) is 4.71. The Bertz CT molecular complexity index is 630. The smallest absolute Gasteiger partial charge is 0.225 e. The average Bonchev–Trinajstić information content (AvgIpc) is 2.55. The highest BCUT2D eigenvalue weighted by molar-refractivity contribution is 5.33. The molecule has 2 aromatic rings. The summed E-state index contributed by atoms with van der Waals surface area (Å²) in [5.74, 6) is 1.51. The lowest BCUT2D eigenvalue weighted by atomic mass is 10.2. The predicted octanol–water partition coefficient (Wildman–Crippen LogP) is 1.82.